The van der Waals surface area contributed by atoms with Crippen LogP contribution in [0.15, 0.2) is 12.1 Å². The molecule has 0 unspecified atom stereocenters. The first kappa shape index (κ1) is 12.9. The summed E-state index contributed by atoms with van der Waals surface area (Å²) in [5.41, 5.74) is 1.19. The number of aryl methyl sites for hydroxylation is 1. The molecule has 4 heteroatoms. The lowest BCUT2D eigenvalue weighted by atomic mass is 10.1. The van der Waals surface area contributed by atoms with Crippen molar-refractivity contribution in [1.82, 2.24) is 0 Å². The van der Waals surface area contributed by atoms with Gasteiger partial charge in [0.15, 0.2) is 11.5 Å². The highest BCUT2D eigenvalue weighted by Gasteiger charge is 2.14. The van der Waals surface area contributed by atoms with Crippen LogP contribution in [-0.2, 0) is 6.42 Å². The van der Waals surface area contributed by atoms with Crippen LogP contribution in [0.1, 0.15) is 12.0 Å². The number of hydrogen-bond acceptors (Lipinski definition) is 3. The molecule has 1 rings (SSSR count). The van der Waals surface area contributed by atoms with Gasteiger partial charge in [0, 0.05) is 10.2 Å². The average molecular weight is 240 g/mol. The van der Waals surface area contributed by atoms with E-state index in [1.807, 2.05) is 6.07 Å². The Labute approximate surface area is 100 Å². The van der Waals surface area contributed by atoms with Gasteiger partial charge in [0.1, 0.15) is 0 Å². The fraction of sp³-hybridized carbons (Fsp3) is 0.500. The van der Waals surface area contributed by atoms with Gasteiger partial charge in [0.25, 0.3) is 0 Å². The highest BCUT2D eigenvalue weighted by atomic mass is 28.1. The Bertz CT molecular complexity index is 339. The predicted molar refractivity (Wildman–Crippen MR) is 69.2 cm³/mol. The lowest BCUT2D eigenvalue weighted by molar-refractivity contribution is 0.322. The summed E-state index contributed by atoms with van der Waals surface area (Å²) in [5.74, 6) is 2.21. The van der Waals surface area contributed by atoms with Gasteiger partial charge in [-0.2, -0.15) is 0 Å². The zero-order chi connectivity index (χ0) is 12.0. The van der Waals surface area contributed by atoms with E-state index in [1.54, 1.807) is 21.3 Å². The molecule has 90 valence electrons. The van der Waals surface area contributed by atoms with E-state index in [0.29, 0.717) is 11.5 Å². The van der Waals surface area contributed by atoms with Crippen molar-refractivity contribution in [3.05, 3.63) is 17.7 Å². The van der Waals surface area contributed by atoms with Crippen LogP contribution >= 0.6 is 0 Å². The monoisotopic (exact) mass is 240 g/mol. The van der Waals surface area contributed by atoms with Crippen LogP contribution in [-0.4, -0.2) is 31.6 Å². The number of benzene rings is 1. The lowest BCUT2D eigenvalue weighted by Crippen LogP contribution is -1.99. The Morgan fingerprint density at radius 2 is 1.69 bits per heavy atom. The molecule has 1 aromatic carbocycles. The van der Waals surface area contributed by atoms with Gasteiger partial charge in [0.05, 0.1) is 21.3 Å². The smallest absolute Gasteiger partial charge is 0.203 e. The minimum Gasteiger partial charge on any atom is -0.493 e. The summed E-state index contributed by atoms with van der Waals surface area (Å²) in [7, 11) is 6.19. The summed E-state index contributed by atoms with van der Waals surface area (Å²) in [5, 5.41) is 0. The normalized spacial score (nSPS) is 10.2. The maximum atomic E-state index is 5.41. The molecule has 1 aromatic rings. The van der Waals surface area contributed by atoms with E-state index < -0.39 is 0 Å². The van der Waals surface area contributed by atoms with Crippen molar-refractivity contribution in [3.8, 4) is 17.2 Å². The zero-order valence-corrected chi connectivity index (χ0v) is 12.5. The molecule has 0 bridgehead atoms. The Kier molecular flexibility index (Phi) is 5.18. The Morgan fingerprint density at radius 1 is 1.00 bits per heavy atom. The summed E-state index contributed by atoms with van der Waals surface area (Å²) >= 11 is 0. The van der Waals surface area contributed by atoms with Gasteiger partial charge < -0.3 is 14.2 Å². The molecule has 0 radical (unpaired) electrons. The quantitative estimate of drug-likeness (QED) is 0.704. The molecule has 3 nitrogen and oxygen atoms in total. The predicted octanol–water partition coefficient (Wildman–Crippen LogP) is 1.43. The molecule has 0 heterocycles. The Hall–Kier alpha value is -1.16. The highest BCUT2D eigenvalue weighted by Crippen LogP contribution is 2.40. The first-order valence-electron chi connectivity index (χ1n) is 5.56. The lowest BCUT2D eigenvalue weighted by Gasteiger charge is -2.15. The summed E-state index contributed by atoms with van der Waals surface area (Å²) in [6.45, 7) is 0. The van der Waals surface area contributed by atoms with Gasteiger partial charge in [-0.3, -0.25) is 0 Å². The van der Waals surface area contributed by atoms with Crippen molar-refractivity contribution in [1.29, 1.82) is 0 Å². The second kappa shape index (κ2) is 6.43. The van der Waals surface area contributed by atoms with Crippen LogP contribution < -0.4 is 14.2 Å². The molecule has 0 aliphatic carbocycles. The SMILES string of the molecule is COc1ccc(CCC[SiH3])c(OC)c1OC. The Morgan fingerprint density at radius 3 is 2.19 bits per heavy atom. The van der Waals surface area contributed by atoms with E-state index in [4.69, 9.17) is 14.2 Å². The van der Waals surface area contributed by atoms with Gasteiger partial charge in [-0.1, -0.05) is 18.5 Å². The van der Waals surface area contributed by atoms with Crippen molar-refractivity contribution < 1.29 is 14.2 Å². The topological polar surface area (TPSA) is 27.7 Å². The van der Waals surface area contributed by atoms with Crippen LogP contribution in [0.4, 0.5) is 0 Å². The molecule has 0 amide bonds. The summed E-state index contributed by atoms with van der Waals surface area (Å²) in [4.78, 5) is 0. The van der Waals surface area contributed by atoms with Crippen LogP contribution in [0.2, 0.25) is 6.04 Å². The van der Waals surface area contributed by atoms with Gasteiger partial charge in [-0.25, -0.2) is 0 Å². The van der Waals surface area contributed by atoms with Crippen molar-refractivity contribution in [3.63, 3.8) is 0 Å². The van der Waals surface area contributed by atoms with E-state index in [-0.39, 0.29) is 0 Å². The summed E-state index contributed by atoms with van der Waals surface area (Å²) in [6, 6.07) is 5.29. The molecule has 0 atom stereocenters. The first-order chi connectivity index (χ1) is 7.78. The second-order valence-corrected chi connectivity index (χ2v) is 4.60. The molecule has 0 aliphatic rings. The molecule has 0 aliphatic heterocycles. The molecule has 16 heavy (non-hydrogen) atoms. The Balaban J connectivity index is 3.10. The molecule has 0 saturated carbocycles. The maximum absolute atomic E-state index is 5.41. The van der Waals surface area contributed by atoms with Gasteiger partial charge in [-0.05, 0) is 18.1 Å². The van der Waals surface area contributed by atoms with Crippen LogP contribution in [0.25, 0.3) is 0 Å². The van der Waals surface area contributed by atoms with Crippen molar-refractivity contribution >= 4 is 10.2 Å². The first-order valence-corrected chi connectivity index (χ1v) is 6.97. The third-order valence-electron chi connectivity index (χ3n) is 2.59. The van der Waals surface area contributed by atoms with E-state index in [9.17, 15) is 0 Å². The van der Waals surface area contributed by atoms with Gasteiger partial charge in [-0.15, -0.1) is 0 Å². The summed E-state index contributed by atoms with van der Waals surface area (Å²) < 4.78 is 16.0. The fourth-order valence-corrected chi connectivity index (χ4v) is 2.08. The van der Waals surface area contributed by atoms with E-state index >= 15 is 0 Å². The molecule has 0 fully saturated rings. The van der Waals surface area contributed by atoms with E-state index in [0.717, 1.165) is 12.2 Å². The molecular formula is C12H20O3Si. The van der Waals surface area contributed by atoms with E-state index in [2.05, 4.69) is 6.07 Å². The largest absolute Gasteiger partial charge is 0.493 e. The van der Waals surface area contributed by atoms with Crippen molar-refractivity contribution in [2.75, 3.05) is 21.3 Å². The number of methoxy groups -OCH3 is 3. The van der Waals surface area contributed by atoms with Gasteiger partial charge in [0.2, 0.25) is 5.75 Å². The number of rotatable bonds is 6. The maximum Gasteiger partial charge on any atom is 0.203 e. The van der Waals surface area contributed by atoms with Crippen molar-refractivity contribution in [2.45, 2.75) is 18.9 Å². The van der Waals surface area contributed by atoms with E-state index in [1.165, 1.54) is 28.3 Å². The number of ether oxygens (including phenoxy) is 3. The minimum absolute atomic E-state index is 0.691. The van der Waals surface area contributed by atoms with Crippen LogP contribution in [0, 0.1) is 0 Å². The second-order valence-electron chi connectivity index (χ2n) is 3.60. The fourth-order valence-electron chi connectivity index (χ4n) is 1.73. The minimum atomic E-state index is 0.691. The standard InChI is InChI=1S/C12H20O3Si/c1-13-10-7-6-9(5-4-8-16)11(14-2)12(10)15-3/h6-7H,4-5,8H2,1-3,16H3. The van der Waals surface area contributed by atoms with Crippen molar-refractivity contribution in [2.24, 2.45) is 0 Å². The zero-order valence-electron chi connectivity index (χ0n) is 10.5. The number of hydrogen-bond donors (Lipinski definition) is 0. The third-order valence-corrected chi connectivity index (χ3v) is 3.29. The highest BCUT2D eigenvalue weighted by molar-refractivity contribution is 6.08. The molecule has 0 saturated heterocycles. The molecule has 0 spiro atoms. The molecule has 0 aromatic heterocycles. The molecule has 0 N–H and O–H groups in total. The molecular weight excluding hydrogens is 220 g/mol. The summed E-state index contributed by atoms with van der Waals surface area (Å²) in [6.07, 6.45) is 2.24. The van der Waals surface area contributed by atoms with Crippen LogP contribution in [0.5, 0.6) is 17.2 Å². The third kappa shape index (κ3) is 2.69. The average Bonchev–Trinajstić information content (AvgIpc) is 2.34. The van der Waals surface area contributed by atoms with Crippen LogP contribution in [0.3, 0.4) is 0 Å². The van der Waals surface area contributed by atoms with Gasteiger partial charge >= 0.3 is 0 Å².